The average molecular weight is 356 g/mol. The van der Waals surface area contributed by atoms with Crippen LogP contribution >= 0.6 is 0 Å². The monoisotopic (exact) mass is 356 g/mol. The summed E-state index contributed by atoms with van der Waals surface area (Å²) in [6.07, 6.45) is 6.42. The number of anilines is 1. The minimum atomic E-state index is -0.411. The van der Waals surface area contributed by atoms with Crippen LogP contribution in [-0.4, -0.2) is 48.1 Å². The van der Waals surface area contributed by atoms with E-state index in [1.54, 1.807) is 0 Å². The zero-order valence-corrected chi connectivity index (χ0v) is 15.1. The average Bonchev–Trinajstić information content (AvgIpc) is 3.08. The molecule has 2 aliphatic heterocycles. The van der Waals surface area contributed by atoms with Crippen molar-refractivity contribution in [1.82, 2.24) is 9.88 Å². The molecule has 6 heteroatoms. The van der Waals surface area contributed by atoms with E-state index in [4.69, 9.17) is 4.98 Å². The Morgan fingerprint density at radius 2 is 2.04 bits per heavy atom. The fourth-order valence-corrected chi connectivity index (χ4v) is 4.60. The number of hydrogen-bond acceptors (Lipinski definition) is 4. The van der Waals surface area contributed by atoms with E-state index < -0.39 is 6.67 Å². The number of carbonyl (C=O) groups is 1. The molecule has 0 aromatic carbocycles. The first-order valence-electron chi connectivity index (χ1n) is 9.73. The zero-order valence-electron chi connectivity index (χ0n) is 15.1. The van der Waals surface area contributed by atoms with Crippen molar-refractivity contribution in [3.8, 4) is 6.07 Å². The van der Waals surface area contributed by atoms with Gasteiger partial charge in [0.05, 0.1) is 12.2 Å². The first kappa shape index (κ1) is 17.3. The van der Waals surface area contributed by atoms with E-state index in [-0.39, 0.29) is 17.9 Å². The summed E-state index contributed by atoms with van der Waals surface area (Å²) in [5, 5.41) is 9.56. The Morgan fingerprint density at radius 3 is 2.73 bits per heavy atom. The third kappa shape index (κ3) is 3.15. The molecule has 1 aliphatic carbocycles. The van der Waals surface area contributed by atoms with Gasteiger partial charge in [-0.2, -0.15) is 5.26 Å². The molecule has 0 N–H and O–H groups in total. The summed E-state index contributed by atoms with van der Waals surface area (Å²) in [6, 6.07) is 4.54. The molecular formula is C20H25FN4O. The molecule has 1 unspecified atom stereocenters. The molecule has 138 valence electrons. The van der Waals surface area contributed by atoms with Gasteiger partial charge in [0.25, 0.3) is 0 Å². The fourth-order valence-electron chi connectivity index (χ4n) is 4.60. The van der Waals surface area contributed by atoms with Crippen molar-refractivity contribution in [2.75, 3.05) is 31.2 Å². The van der Waals surface area contributed by atoms with Gasteiger partial charge in [0.1, 0.15) is 11.9 Å². The van der Waals surface area contributed by atoms with Crippen LogP contribution in [0.25, 0.3) is 0 Å². The number of pyridine rings is 1. The molecule has 0 bridgehead atoms. The third-order valence-electron chi connectivity index (χ3n) is 6.06. The minimum Gasteiger partial charge on any atom is -0.355 e. The highest BCUT2D eigenvalue weighted by Gasteiger charge is 2.36. The number of aromatic nitrogens is 1. The molecule has 0 saturated carbocycles. The fraction of sp³-hybridized carbons (Fsp3) is 0.650. The first-order chi connectivity index (χ1) is 12.7. The lowest BCUT2D eigenvalue weighted by atomic mass is 9.94. The minimum absolute atomic E-state index is 0.0933. The number of alkyl halides is 1. The van der Waals surface area contributed by atoms with Crippen molar-refractivity contribution >= 4 is 11.7 Å². The lowest BCUT2D eigenvalue weighted by molar-refractivity contribution is -0.130. The molecule has 1 atom stereocenters. The van der Waals surface area contributed by atoms with Gasteiger partial charge in [-0.25, -0.2) is 4.98 Å². The van der Waals surface area contributed by atoms with E-state index in [0.717, 1.165) is 50.3 Å². The molecule has 0 spiro atoms. The lowest BCUT2D eigenvalue weighted by Gasteiger charge is -2.38. The maximum atomic E-state index is 12.9. The van der Waals surface area contributed by atoms with Gasteiger partial charge in [-0.15, -0.1) is 0 Å². The number of hydrogen-bond donors (Lipinski definition) is 0. The summed E-state index contributed by atoms with van der Waals surface area (Å²) in [6.45, 7) is 1.72. The Labute approximate surface area is 153 Å². The molecule has 2 saturated heterocycles. The molecule has 5 nitrogen and oxygen atoms in total. The van der Waals surface area contributed by atoms with Gasteiger partial charge >= 0.3 is 0 Å². The van der Waals surface area contributed by atoms with Crippen molar-refractivity contribution in [1.29, 1.82) is 5.26 Å². The largest absolute Gasteiger partial charge is 0.355 e. The number of likely N-dealkylation sites (tertiary alicyclic amines) is 1. The second kappa shape index (κ2) is 7.22. The Kier molecular flexibility index (Phi) is 4.80. The van der Waals surface area contributed by atoms with Crippen molar-refractivity contribution in [3.63, 3.8) is 0 Å². The third-order valence-corrected chi connectivity index (χ3v) is 6.06. The van der Waals surface area contributed by atoms with Crippen LogP contribution in [0, 0.1) is 17.2 Å². The van der Waals surface area contributed by atoms with Crippen molar-refractivity contribution in [2.45, 2.75) is 51.0 Å². The molecular weight excluding hydrogens is 331 g/mol. The van der Waals surface area contributed by atoms with Crippen LogP contribution < -0.4 is 4.90 Å². The summed E-state index contributed by atoms with van der Waals surface area (Å²) >= 11 is 0. The number of fused-ring (bicyclic) bond motifs is 1. The maximum absolute atomic E-state index is 12.9. The van der Waals surface area contributed by atoms with E-state index in [2.05, 4.69) is 11.0 Å². The lowest BCUT2D eigenvalue weighted by Crippen LogP contribution is -2.46. The first-order valence-corrected chi connectivity index (χ1v) is 9.73. The second-order valence-corrected chi connectivity index (χ2v) is 7.77. The quantitative estimate of drug-likeness (QED) is 0.835. The van der Waals surface area contributed by atoms with Crippen LogP contribution in [0.1, 0.15) is 48.9 Å². The summed E-state index contributed by atoms with van der Waals surface area (Å²) in [5.74, 6) is 0.768. The zero-order chi connectivity index (χ0) is 18.1. The highest BCUT2D eigenvalue weighted by Crippen LogP contribution is 2.30. The molecule has 3 heterocycles. The van der Waals surface area contributed by atoms with Crippen LogP contribution in [0.5, 0.6) is 0 Å². The number of rotatable bonds is 3. The van der Waals surface area contributed by atoms with Gasteiger partial charge in [-0.3, -0.25) is 9.18 Å². The van der Waals surface area contributed by atoms with Gasteiger partial charge in [-0.1, -0.05) is 0 Å². The molecule has 4 rings (SSSR count). The molecule has 1 amide bonds. The van der Waals surface area contributed by atoms with Crippen molar-refractivity contribution in [3.05, 3.63) is 22.9 Å². The Hall–Kier alpha value is -2.16. The van der Waals surface area contributed by atoms with Crippen LogP contribution in [-0.2, 0) is 17.6 Å². The molecule has 1 aromatic rings. The van der Waals surface area contributed by atoms with Gasteiger partial charge in [0.15, 0.2) is 0 Å². The van der Waals surface area contributed by atoms with Crippen LogP contribution in [0.15, 0.2) is 6.07 Å². The number of amides is 1. The highest BCUT2D eigenvalue weighted by atomic mass is 19.1. The smallest absolute Gasteiger partial charge is 0.223 e. The molecule has 2 fully saturated rings. The van der Waals surface area contributed by atoms with Gasteiger partial charge in [0, 0.05) is 43.7 Å². The number of nitriles is 1. The molecule has 1 aromatic heterocycles. The Balaban J connectivity index is 1.47. The SMILES string of the molecule is N#Cc1cc2c(nc1N1CCC(N3CC(CF)CC3=O)CC1)CCCC2. The predicted octanol–water partition coefficient (Wildman–Crippen LogP) is 2.62. The van der Waals surface area contributed by atoms with E-state index in [1.165, 1.54) is 18.4 Å². The van der Waals surface area contributed by atoms with Gasteiger partial charge in [-0.05, 0) is 50.2 Å². The van der Waals surface area contributed by atoms with Crippen molar-refractivity contribution in [2.24, 2.45) is 5.92 Å². The number of halogens is 1. The topological polar surface area (TPSA) is 60.2 Å². The maximum Gasteiger partial charge on any atom is 0.223 e. The van der Waals surface area contributed by atoms with Crippen LogP contribution in [0.3, 0.4) is 0 Å². The molecule has 0 radical (unpaired) electrons. The summed E-state index contributed by atoms with van der Waals surface area (Å²) in [7, 11) is 0. The second-order valence-electron chi connectivity index (χ2n) is 7.77. The number of carbonyl (C=O) groups excluding carboxylic acids is 1. The van der Waals surface area contributed by atoms with Crippen LogP contribution in [0.2, 0.25) is 0 Å². The summed E-state index contributed by atoms with van der Waals surface area (Å²) < 4.78 is 12.9. The highest BCUT2D eigenvalue weighted by molar-refractivity contribution is 5.79. The predicted molar refractivity (Wildman–Crippen MR) is 96.6 cm³/mol. The van der Waals surface area contributed by atoms with Gasteiger partial charge < -0.3 is 9.80 Å². The number of nitrogens with zero attached hydrogens (tertiary/aromatic N) is 4. The number of piperidine rings is 1. The van der Waals surface area contributed by atoms with Crippen LogP contribution in [0.4, 0.5) is 10.2 Å². The van der Waals surface area contributed by atoms with Crippen molar-refractivity contribution < 1.29 is 9.18 Å². The molecule has 3 aliphatic rings. The normalized spacial score (nSPS) is 23.8. The number of aryl methyl sites for hydroxylation is 2. The van der Waals surface area contributed by atoms with Gasteiger partial charge in [0.2, 0.25) is 5.91 Å². The van der Waals surface area contributed by atoms with E-state index in [0.29, 0.717) is 18.5 Å². The standard InChI is InChI=1S/C20H25FN4O/c21-11-14-9-19(26)25(13-14)17-5-7-24(8-6-17)20-16(12-22)10-15-3-1-2-4-18(15)23-20/h10,14,17H,1-9,11,13H2. The Morgan fingerprint density at radius 1 is 1.27 bits per heavy atom. The Bertz CT molecular complexity index is 736. The summed E-state index contributed by atoms with van der Waals surface area (Å²) in [5.41, 5.74) is 3.04. The van der Waals surface area contributed by atoms with E-state index in [1.807, 2.05) is 11.0 Å². The van der Waals surface area contributed by atoms with E-state index >= 15 is 0 Å². The van der Waals surface area contributed by atoms with E-state index in [9.17, 15) is 14.4 Å². The molecule has 26 heavy (non-hydrogen) atoms. The summed E-state index contributed by atoms with van der Waals surface area (Å²) in [4.78, 5) is 21.1.